The SMILES string of the molecule is CO/N=C(\C)C(=O)N1CC2CC(C1)C2Nc1cc(C(=O)N2CC[C@@H](N3CCc4ccccc4C3)[C@H](O)C2)ncn1. The van der Waals surface area contributed by atoms with Crippen molar-refractivity contribution < 1.29 is 19.5 Å². The number of rotatable bonds is 6. The lowest BCUT2D eigenvalue weighted by atomic mass is 9.66. The van der Waals surface area contributed by atoms with Crippen molar-refractivity contribution in [3.05, 3.63) is 53.5 Å². The van der Waals surface area contributed by atoms with E-state index in [0.717, 1.165) is 32.4 Å². The first-order valence-corrected chi connectivity index (χ1v) is 14.1. The van der Waals surface area contributed by atoms with Gasteiger partial charge in [0, 0.05) is 57.4 Å². The molecule has 1 aromatic carbocycles. The number of anilines is 1. The van der Waals surface area contributed by atoms with E-state index in [2.05, 4.69) is 49.6 Å². The molecule has 2 aromatic rings. The van der Waals surface area contributed by atoms with Crippen LogP contribution in [0.2, 0.25) is 0 Å². The predicted molar refractivity (Wildman–Crippen MR) is 149 cm³/mol. The van der Waals surface area contributed by atoms with Crippen LogP contribution < -0.4 is 5.32 Å². The molecule has 3 saturated heterocycles. The average Bonchev–Trinajstić information content (AvgIpc) is 2.99. The summed E-state index contributed by atoms with van der Waals surface area (Å²) in [6.07, 6.45) is 3.56. The highest BCUT2D eigenvalue weighted by atomic mass is 16.6. The molecule has 4 aliphatic heterocycles. The number of carbonyl (C=O) groups is 2. The third-order valence-electron chi connectivity index (χ3n) is 9.02. The molecule has 2 N–H and O–H groups in total. The van der Waals surface area contributed by atoms with E-state index in [4.69, 9.17) is 4.84 Å². The second-order valence-electron chi connectivity index (χ2n) is 11.4. The summed E-state index contributed by atoms with van der Waals surface area (Å²) in [6, 6.07) is 10.4. The maximum Gasteiger partial charge on any atom is 0.272 e. The van der Waals surface area contributed by atoms with Crippen molar-refractivity contribution >= 4 is 23.3 Å². The van der Waals surface area contributed by atoms with Gasteiger partial charge in [0.15, 0.2) is 0 Å². The molecule has 11 heteroatoms. The molecular weight excluding hydrogens is 510 g/mol. The van der Waals surface area contributed by atoms with Gasteiger partial charge in [-0.05, 0) is 49.1 Å². The van der Waals surface area contributed by atoms with Crippen LogP contribution in [0.1, 0.15) is 41.4 Å². The first-order valence-electron chi connectivity index (χ1n) is 14.1. The van der Waals surface area contributed by atoms with Crippen LogP contribution in [0.4, 0.5) is 5.82 Å². The topological polar surface area (TPSA) is 123 Å². The predicted octanol–water partition coefficient (Wildman–Crippen LogP) is 1.39. The summed E-state index contributed by atoms with van der Waals surface area (Å²) >= 11 is 0. The molecule has 5 heterocycles. The number of aliphatic hydroxyl groups excluding tert-OH is 1. The lowest BCUT2D eigenvalue weighted by Crippen LogP contribution is -2.62. The first kappa shape index (κ1) is 26.6. The summed E-state index contributed by atoms with van der Waals surface area (Å²) in [6.45, 7) is 5.58. The number of nitrogens with one attached hydrogen (secondary N) is 1. The fourth-order valence-electron chi connectivity index (χ4n) is 6.91. The lowest BCUT2D eigenvalue weighted by Gasteiger charge is -2.53. The number of hydrogen-bond acceptors (Lipinski definition) is 9. The number of amides is 2. The van der Waals surface area contributed by atoms with Gasteiger partial charge in [0.25, 0.3) is 11.8 Å². The van der Waals surface area contributed by atoms with Crippen molar-refractivity contribution in [2.75, 3.05) is 45.2 Å². The number of β-amino-alcohol motifs (C(OH)–C–C–N with tert-alkyl or cyclic N) is 1. The third-order valence-corrected chi connectivity index (χ3v) is 9.02. The Hall–Kier alpha value is -3.57. The summed E-state index contributed by atoms with van der Waals surface area (Å²) in [5.41, 5.74) is 3.38. The van der Waals surface area contributed by atoms with E-state index in [1.165, 1.54) is 24.6 Å². The summed E-state index contributed by atoms with van der Waals surface area (Å²) in [5.74, 6) is 0.940. The Bertz CT molecular complexity index is 1290. The molecule has 1 saturated carbocycles. The van der Waals surface area contributed by atoms with Gasteiger partial charge in [0.05, 0.1) is 6.10 Å². The second-order valence-corrected chi connectivity index (χ2v) is 11.4. The quantitative estimate of drug-likeness (QED) is 0.411. The number of nitrogens with zero attached hydrogens (tertiary/aromatic N) is 6. The number of piperidine rings is 3. The molecule has 1 aliphatic carbocycles. The van der Waals surface area contributed by atoms with Gasteiger partial charge in [-0.15, -0.1) is 0 Å². The Balaban J connectivity index is 1.04. The standard InChI is InChI=1S/C29H37N7O4/c1-18(33-40-2)28(38)36-14-21-11-22(15-36)27(21)32-26-12-23(30-17-31-26)29(39)35-10-8-24(25(37)16-35)34-9-7-19-5-3-4-6-20(19)13-34/h3-6,12,17,21-22,24-25,27,37H,7-11,13-16H2,1-2H3,(H,30,31,32)/b33-18+/t21?,22?,24-,25-,27?/m1/s1. The molecule has 4 atom stereocenters. The number of likely N-dealkylation sites (tertiary alicyclic amines) is 1. The van der Waals surface area contributed by atoms with Gasteiger partial charge in [-0.25, -0.2) is 9.97 Å². The number of carbonyl (C=O) groups excluding carboxylic acids is 2. The molecule has 0 radical (unpaired) electrons. The van der Waals surface area contributed by atoms with Crippen LogP contribution in [0, 0.1) is 11.8 Å². The van der Waals surface area contributed by atoms with Crippen molar-refractivity contribution in [1.29, 1.82) is 0 Å². The molecular formula is C29H37N7O4. The number of benzene rings is 1. The maximum absolute atomic E-state index is 13.4. The lowest BCUT2D eigenvalue weighted by molar-refractivity contribution is -0.131. The van der Waals surface area contributed by atoms with Gasteiger partial charge >= 0.3 is 0 Å². The van der Waals surface area contributed by atoms with E-state index in [9.17, 15) is 14.7 Å². The average molecular weight is 548 g/mol. The number of aromatic nitrogens is 2. The number of aliphatic hydroxyl groups is 1. The van der Waals surface area contributed by atoms with Crippen molar-refractivity contribution in [1.82, 2.24) is 24.7 Å². The zero-order valence-electron chi connectivity index (χ0n) is 23.1. The molecule has 4 fully saturated rings. The van der Waals surface area contributed by atoms with E-state index in [1.54, 1.807) is 17.9 Å². The summed E-state index contributed by atoms with van der Waals surface area (Å²) in [7, 11) is 1.43. The van der Waals surface area contributed by atoms with E-state index >= 15 is 0 Å². The largest absolute Gasteiger partial charge is 0.399 e. The summed E-state index contributed by atoms with van der Waals surface area (Å²) < 4.78 is 0. The van der Waals surface area contributed by atoms with Gasteiger partial charge in [0.2, 0.25) is 0 Å². The zero-order chi connectivity index (χ0) is 27.8. The first-order chi connectivity index (χ1) is 19.4. The van der Waals surface area contributed by atoms with Crippen LogP contribution in [-0.2, 0) is 22.6 Å². The summed E-state index contributed by atoms with van der Waals surface area (Å²) in [5, 5.41) is 18.3. The van der Waals surface area contributed by atoms with E-state index in [-0.39, 0.29) is 30.4 Å². The third kappa shape index (κ3) is 5.15. The second kappa shape index (κ2) is 11.1. The van der Waals surface area contributed by atoms with E-state index in [1.807, 2.05) is 4.90 Å². The van der Waals surface area contributed by atoms with Gasteiger partial charge < -0.3 is 25.1 Å². The monoisotopic (exact) mass is 547 g/mol. The molecule has 2 bridgehead atoms. The van der Waals surface area contributed by atoms with E-state index in [0.29, 0.717) is 48.7 Å². The van der Waals surface area contributed by atoms with Crippen LogP contribution in [0.5, 0.6) is 0 Å². The van der Waals surface area contributed by atoms with Gasteiger partial charge in [-0.1, -0.05) is 29.4 Å². The fraction of sp³-hybridized carbons (Fsp3) is 0.552. The Labute approximate surface area is 234 Å². The van der Waals surface area contributed by atoms with Crippen LogP contribution >= 0.6 is 0 Å². The Kier molecular flexibility index (Phi) is 7.41. The van der Waals surface area contributed by atoms with Gasteiger partial charge in [-0.2, -0.15) is 0 Å². The highest BCUT2D eigenvalue weighted by Crippen LogP contribution is 2.41. The highest BCUT2D eigenvalue weighted by molar-refractivity contribution is 6.37. The molecule has 40 heavy (non-hydrogen) atoms. The summed E-state index contributed by atoms with van der Waals surface area (Å²) in [4.78, 5) is 45.2. The number of oxime groups is 1. The zero-order valence-corrected chi connectivity index (χ0v) is 23.1. The molecule has 1 aromatic heterocycles. The molecule has 0 spiro atoms. The fourth-order valence-corrected chi connectivity index (χ4v) is 6.91. The molecule has 2 amide bonds. The van der Waals surface area contributed by atoms with Crippen molar-refractivity contribution in [2.24, 2.45) is 17.0 Å². The van der Waals surface area contributed by atoms with Crippen LogP contribution in [-0.4, -0.2) is 105 Å². The number of fused-ring (bicyclic) bond motifs is 3. The smallest absolute Gasteiger partial charge is 0.272 e. The minimum atomic E-state index is -0.611. The molecule has 7 rings (SSSR count). The normalized spacial score (nSPS) is 28.4. The van der Waals surface area contributed by atoms with Crippen LogP contribution in [0.15, 0.2) is 41.8 Å². The molecule has 212 valence electrons. The Morgan fingerprint density at radius 2 is 1.85 bits per heavy atom. The molecule has 5 aliphatic rings. The van der Waals surface area contributed by atoms with Gasteiger partial charge in [-0.3, -0.25) is 14.5 Å². The maximum atomic E-state index is 13.4. The minimum Gasteiger partial charge on any atom is -0.399 e. The van der Waals surface area contributed by atoms with Crippen molar-refractivity contribution in [3.63, 3.8) is 0 Å². The minimum absolute atomic E-state index is 0.0362. The van der Waals surface area contributed by atoms with Gasteiger partial charge in [0.1, 0.15) is 30.7 Å². The van der Waals surface area contributed by atoms with Crippen LogP contribution in [0.3, 0.4) is 0 Å². The van der Waals surface area contributed by atoms with Crippen molar-refractivity contribution in [2.45, 2.75) is 50.9 Å². The number of hydrogen-bond donors (Lipinski definition) is 2. The molecule has 2 unspecified atom stereocenters. The Morgan fingerprint density at radius 3 is 2.60 bits per heavy atom. The van der Waals surface area contributed by atoms with E-state index < -0.39 is 6.10 Å². The van der Waals surface area contributed by atoms with Crippen LogP contribution in [0.25, 0.3) is 0 Å². The molecule has 11 nitrogen and oxygen atoms in total. The van der Waals surface area contributed by atoms with Crippen molar-refractivity contribution in [3.8, 4) is 0 Å². The Morgan fingerprint density at radius 1 is 1.07 bits per heavy atom. The highest BCUT2D eigenvalue weighted by Gasteiger charge is 2.48.